The molecule has 250 valence electrons. The van der Waals surface area contributed by atoms with Crippen LogP contribution >= 0.6 is 0 Å². The molecule has 14 heteroatoms. The lowest BCUT2D eigenvalue weighted by atomic mass is 9.99. The topological polar surface area (TPSA) is 212 Å². The molecule has 1 aliphatic rings. The first-order valence-corrected chi connectivity index (χ1v) is 14.5. The van der Waals surface area contributed by atoms with Crippen LogP contribution in [-0.2, 0) is 14.3 Å². The van der Waals surface area contributed by atoms with E-state index >= 15 is 0 Å². The number of ether oxygens (including phenoxy) is 5. The van der Waals surface area contributed by atoms with Crippen LogP contribution < -0.4 is 19.6 Å². The lowest BCUT2D eigenvalue weighted by Crippen LogP contribution is -2.60. The normalized spacial score (nSPS) is 21.1. The van der Waals surface area contributed by atoms with Crippen molar-refractivity contribution >= 4 is 34.0 Å². The van der Waals surface area contributed by atoms with Crippen molar-refractivity contribution < 1.29 is 67.6 Å². The van der Waals surface area contributed by atoms with Crippen molar-refractivity contribution in [3.63, 3.8) is 0 Å². The number of carbonyl (C=O) groups is 1. The van der Waals surface area contributed by atoms with Crippen molar-refractivity contribution in [3.05, 3.63) is 77.9 Å². The molecule has 0 aliphatic carbocycles. The molecular weight excluding hydrogens is 632 g/mol. The standard InChI is InChI=1S/C34H30O14/c1-42-23-11-17(12-24(43-2)28(23)38)32-33(20-9-10-44-21-13-19(36)14-22(46-32)27(20)21)48-34-31(41)30(40)29(39)25(47-34)15-45-26(37)8-5-16-3-6-18(35)7-4-16/h3-14,25,29-31,34-35,38-41H,15H2,1-2H3/p+1/t25-,29-,30+,31-,34+/m1/s1. The van der Waals surface area contributed by atoms with Gasteiger partial charge in [-0.05, 0) is 42.0 Å². The molecule has 0 saturated carbocycles. The highest BCUT2D eigenvalue weighted by Crippen LogP contribution is 2.47. The van der Waals surface area contributed by atoms with Crippen molar-refractivity contribution in [1.82, 2.24) is 0 Å². The quantitative estimate of drug-likeness (QED) is 0.0873. The van der Waals surface area contributed by atoms with Crippen molar-refractivity contribution in [3.8, 4) is 40.1 Å². The summed E-state index contributed by atoms with van der Waals surface area (Å²) >= 11 is 0. The second-order valence-corrected chi connectivity index (χ2v) is 10.8. The van der Waals surface area contributed by atoms with E-state index in [0.717, 1.165) is 6.08 Å². The Balaban J connectivity index is 1.35. The summed E-state index contributed by atoms with van der Waals surface area (Å²) in [5.41, 5.74) is 1.16. The van der Waals surface area contributed by atoms with E-state index in [1.54, 1.807) is 18.2 Å². The number of aromatic hydroxyl groups is 2. The first kappa shape index (κ1) is 32.4. The Bertz CT molecular complexity index is 2020. The number of phenolic OH excluding ortho intramolecular Hbond substituents is 2. The van der Waals surface area contributed by atoms with Crippen molar-refractivity contribution in [2.45, 2.75) is 30.7 Å². The fourth-order valence-corrected chi connectivity index (χ4v) is 5.30. The maximum atomic E-state index is 12.4. The smallest absolute Gasteiger partial charge is 0.347 e. The van der Waals surface area contributed by atoms with Gasteiger partial charge in [0.15, 0.2) is 23.0 Å². The predicted molar refractivity (Wildman–Crippen MR) is 167 cm³/mol. The number of aliphatic hydroxyl groups is 3. The number of rotatable bonds is 9. The number of carbonyl (C=O) groups excluding carboxylic acids is 1. The first-order chi connectivity index (χ1) is 23.1. The van der Waals surface area contributed by atoms with Crippen molar-refractivity contribution in [1.29, 1.82) is 0 Å². The Labute approximate surface area is 271 Å². The summed E-state index contributed by atoms with van der Waals surface area (Å²) in [5.74, 6) is -0.948. The van der Waals surface area contributed by atoms with Gasteiger partial charge in [0.05, 0.1) is 38.0 Å². The number of hydrogen-bond donors (Lipinski definition) is 5. The summed E-state index contributed by atoms with van der Waals surface area (Å²) < 4.78 is 39.8. The van der Waals surface area contributed by atoms with Crippen LogP contribution in [0.1, 0.15) is 5.56 Å². The van der Waals surface area contributed by atoms with Crippen LogP contribution in [0.15, 0.2) is 75.8 Å². The average Bonchev–Trinajstić information content (AvgIpc) is 3.08. The van der Waals surface area contributed by atoms with Gasteiger partial charge in [0.1, 0.15) is 47.9 Å². The molecule has 0 radical (unpaired) electrons. The van der Waals surface area contributed by atoms with Crippen LogP contribution in [-0.4, -0.2) is 87.8 Å². The Morgan fingerprint density at radius 3 is 2.29 bits per heavy atom. The van der Waals surface area contributed by atoms with E-state index in [0.29, 0.717) is 16.3 Å². The molecule has 1 saturated heterocycles. The molecule has 0 spiro atoms. The molecule has 6 rings (SSSR count). The molecular formula is C34H31O14+. The number of phenols is 2. The molecule has 0 bridgehead atoms. The summed E-state index contributed by atoms with van der Waals surface area (Å²) in [6.07, 6.45) is -4.27. The Hall–Kier alpha value is -5.54. The van der Waals surface area contributed by atoms with Gasteiger partial charge >= 0.3 is 11.4 Å². The van der Waals surface area contributed by atoms with Crippen molar-refractivity contribution in [2.24, 2.45) is 0 Å². The second kappa shape index (κ2) is 13.3. The minimum atomic E-state index is -1.79. The summed E-state index contributed by atoms with van der Waals surface area (Å²) in [4.78, 5) is 22.8. The van der Waals surface area contributed by atoms with Crippen LogP contribution in [0.3, 0.4) is 0 Å². The summed E-state index contributed by atoms with van der Waals surface area (Å²) in [7, 11) is 2.69. The van der Waals surface area contributed by atoms with E-state index in [4.69, 9.17) is 32.5 Å². The fraction of sp³-hybridized carbons (Fsp3) is 0.235. The van der Waals surface area contributed by atoms with Gasteiger partial charge in [-0.2, -0.15) is 0 Å². The molecule has 5 atom stereocenters. The largest absolute Gasteiger partial charge is 0.508 e. The zero-order chi connectivity index (χ0) is 34.1. The number of benzene rings is 3. The molecule has 0 unspecified atom stereocenters. The summed E-state index contributed by atoms with van der Waals surface area (Å²) in [6.45, 7) is -0.519. The Morgan fingerprint density at radius 2 is 1.60 bits per heavy atom. The summed E-state index contributed by atoms with van der Waals surface area (Å²) in [5, 5.41) is 53.1. The van der Waals surface area contributed by atoms with Gasteiger partial charge < -0.3 is 58.1 Å². The van der Waals surface area contributed by atoms with Gasteiger partial charge in [0.2, 0.25) is 12.0 Å². The minimum Gasteiger partial charge on any atom is -0.508 e. The third-order valence-corrected chi connectivity index (χ3v) is 7.75. The molecule has 1 fully saturated rings. The predicted octanol–water partition coefficient (Wildman–Crippen LogP) is 2.72. The molecule has 3 aromatic carbocycles. The summed E-state index contributed by atoms with van der Waals surface area (Å²) in [6, 6.07) is 13.3. The van der Waals surface area contributed by atoms with Crippen LogP contribution in [0.25, 0.3) is 39.3 Å². The highest BCUT2D eigenvalue weighted by molar-refractivity contribution is 6.09. The van der Waals surface area contributed by atoms with E-state index in [2.05, 4.69) is 0 Å². The molecule has 48 heavy (non-hydrogen) atoms. The van der Waals surface area contributed by atoms with E-state index < -0.39 is 43.3 Å². The fourth-order valence-electron chi connectivity index (χ4n) is 5.30. The average molecular weight is 664 g/mol. The lowest BCUT2D eigenvalue weighted by molar-refractivity contribution is -0.278. The maximum absolute atomic E-state index is 12.4. The van der Waals surface area contributed by atoms with E-state index in [1.165, 1.54) is 63.0 Å². The van der Waals surface area contributed by atoms with Crippen molar-refractivity contribution in [2.75, 3.05) is 20.8 Å². The zero-order valence-corrected chi connectivity index (χ0v) is 25.5. The van der Waals surface area contributed by atoms with Gasteiger partial charge in [0.25, 0.3) is 0 Å². The SMILES string of the molecule is COc1cc(-c2oc3cc(=[OH+])cc4occc(c2O[C@@H]2O[C@H](COC(=O)C=Cc5ccc(O)cc5)[C@@H](O)[C@H](O)[C@H]2O)c43)cc(OC)c1O. The van der Waals surface area contributed by atoms with Crippen LogP contribution in [0, 0.1) is 0 Å². The molecule has 6 N–H and O–H groups in total. The molecule has 14 nitrogen and oxygen atoms in total. The second-order valence-electron chi connectivity index (χ2n) is 10.8. The third-order valence-electron chi connectivity index (χ3n) is 7.75. The monoisotopic (exact) mass is 663 g/mol. The van der Waals surface area contributed by atoms with E-state index in [-0.39, 0.29) is 56.7 Å². The number of esters is 1. The Kier molecular flexibility index (Phi) is 8.97. The Morgan fingerprint density at radius 1 is 0.917 bits per heavy atom. The highest BCUT2D eigenvalue weighted by atomic mass is 16.7. The lowest BCUT2D eigenvalue weighted by Gasteiger charge is -2.40. The third kappa shape index (κ3) is 6.24. The van der Waals surface area contributed by atoms with Gasteiger partial charge in [-0.15, -0.1) is 0 Å². The van der Waals surface area contributed by atoms with Gasteiger partial charge in [0, 0.05) is 17.0 Å². The number of hydrogen-bond acceptors (Lipinski definition) is 13. The van der Waals surface area contributed by atoms with Gasteiger partial charge in [-0.25, -0.2) is 4.79 Å². The highest BCUT2D eigenvalue weighted by Gasteiger charge is 2.46. The molecule has 2 aromatic heterocycles. The number of methoxy groups -OCH3 is 2. The van der Waals surface area contributed by atoms with Crippen LogP contribution in [0.4, 0.5) is 0 Å². The van der Waals surface area contributed by atoms with E-state index in [1.807, 2.05) is 0 Å². The zero-order valence-electron chi connectivity index (χ0n) is 25.5. The minimum absolute atomic E-state index is 0.0101. The van der Waals surface area contributed by atoms with Gasteiger partial charge in [-0.3, -0.25) is 4.79 Å². The molecule has 3 heterocycles. The molecule has 5 aromatic rings. The van der Waals surface area contributed by atoms with Gasteiger partial charge in [-0.1, -0.05) is 12.1 Å². The van der Waals surface area contributed by atoms with Crippen LogP contribution in [0.2, 0.25) is 0 Å². The maximum Gasteiger partial charge on any atom is 0.347 e. The number of aliphatic hydroxyl groups excluding tert-OH is 3. The van der Waals surface area contributed by atoms with E-state index in [9.17, 15) is 35.1 Å². The molecule has 1 aliphatic heterocycles. The molecule has 0 amide bonds. The van der Waals surface area contributed by atoms with Crippen LogP contribution in [0.5, 0.6) is 28.7 Å². The first-order valence-electron chi connectivity index (χ1n) is 14.5.